The van der Waals surface area contributed by atoms with Crippen molar-refractivity contribution < 1.29 is 19.0 Å². The highest BCUT2D eigenvalue weighted by Crippen LogP contribution is 2.29. The van der Waals surface area contributed by atoms with Crippen LogP contribution in [0.2, 0.25) is 0 Å². The summed E-state index contributed by atoms with van der Waals surface area (Å²) in [6, 6.07) is 5.45. The molecule has 1 N–H and O–H groups in total. The lowest BCUT2D eigenvalue weighted by atomic mass is 10.1. The van der Waals surface area contributed by atoms with Gasteiger partial charge in [0.2, 0.25) is 5.91 Å². The van der Waals surface area contributed by atoms with Crippen molar-refractivity contribution >= 4 is 12.0 Å². The Labute approximate surface area is 113 Å². The van der Waals surface area contributed by atoms with Crippen LogP contribution in [0.3, 0.4) is 0 Å². The fourth-order valence-corrected chi connectivity index (χ4v) is 1.54. The number of benzene rings is 1. The number of carbonyl (C=O) groups is 1. The number of rotatable bonds is 7. The number of methoxy groups -OCH3 is 3. The Balaban J connectivity index is 2.77. The second-order valence-corrected chi connectivity index (χ2v) is 3.69. The third-order valence-electron chi connectivity index (χ3n) is 2.47. The molecule has 0 heterocycles. The minimum Gasteiger partial charge on any atom is -0.496 e. The predicted molar refractivity (Wildman–Crippen MR) is 73.5 cm³/mol. The van der Waals surface area contributed by atoms with Crippen LogP contribution in [0.15, 0.2) is 24.3 Å². The number of amides is 1. The molecule has 19 heavy (non-hydrogen) atoms. The molecule has 0 unspecified atom stereocenters. The van der Waals surface area contributed by atoms with Gasteiger partial charge in [0.15, 0.2) is 0 Å². The first-order valence-electron chi connectivity index (χ1n) is 5.88. The molecular weight excluding hydrogens is 246 g/mol. The molecule has 1 aromatic carbocycles. The molecule has 0 saturated carbocycles. The first-order valence-corrected chi connectivity index (χ1v) is 5.88. The maximum absolute atomic E-state index is 11.6. The van der Waals surface area contributed by atoms with Gasteiger partial charge in [-0.3, -0.25) is 4.79 Å². The Morgan fingerprint density at radius 2 is 1.84 bits per heavy atom. The lowest BCUT2D eigenvalue weighted by molar-refractivity contribution is -0.116. The normalized spacial score (nSPS) is 10.5. The van der Waals surface area contributed by atoms with Crippen LogP contribution in [-0.2, 0) is 9.53 Å². The van der Waals surface area contributed by atoms with Gasteiger partial charge in [-0.05, 0) is 18.2 Å². The van der Waals surface area contributed by atoms with E-state index in [-0.39, 0.29) is 5.91 Å². The number of carbonyl (C=O) groups excluding carboxylic acids is 1. The quantitative estimate of drug-likeness (QED) is 0.599. The highest BCUT2D eigenvalue weighted by atomic mass is 16.5. The van der Waals surface area contributed by atoms with Crippen LogP contribution < -0.4 is 14.8 Å². The molecule has 0 aliphatic heterocycles. The molecule has 0 spiro atoms. The summed E-state index contributed by atoms with van der Waals surface area (Å²) in [5.41, 5.74) is 0.731. The number of hydrogen-bond donors (Lipinski definition) is 1. The van der Waals surface area contributed by atoms with E-state index >= 15 is 0 Å². The van der Waals surface area contributed by atoms with Crippen molar-refractivity contribution in [2.75, 3.05) is 34.5 Å². The lowest BCUT2D eigenvalue weighted by Crippen LogP contribution is -2.24. The van der Waals surface area contributed by atoms with E-state index in [4.69, 9.17) is 14.2 Å². The van der Waals surface area contributed by atoms with Crippen LogP contribution in [-0.4, -0.2) is 40.4 Å². The fourth-order valence-electron chi connectivity index (χ4n) is 1.54. The van der Waals surface area contributed by atoms with Crippen molar-refractivity contribution in [3.63, 3.8) is 0 Å². The molecule has 0 aliphatic rings. The van der Waals surface area contributed by atoms with E-state index in [0.29, 0.717) is 24.7 Å². The van der Waals surface area contributed by atoms with Gasteiger partial charge >= 0.3 is 0 Å². The topological polar surface area (TPSA) is 56.8 Å². The molecule has 0 radical (unpaired) electrons. The van der Waals surface area contributed by atoms with Gasteiger partial charge in [-0.2, -0.15) is 0 Å². The van der Waals surface area contributed by atoms with Crippen molar-refractivity contribution in [1.82, 2.24) is 5.32 Å². The Bertz CT molecular complexity index is 421. The van der Waals surface area contributed by atoms with Crippen LogP contribution in [0.25, 0.3) is 6.08 Å². The molecule has 0 saturated heterocycles. The summed E-state index contributed by atoms with van der Waals surface area (Å²) in [5.74, 6) is 1.12. The number of nitrogens with one attached hydrogen (secondary N) is 1. The molecule has 1 aromatic rings. The molecule has 0 bridgehead atoms. The monoisotopic (exact) mass is 265 g/mol. The summed E-state index contributed by atoms with van der Waals surface area (Å²) < 4.78 is 15.3. The molecule has 0 aliphatic carbocycles. The van der Waals surface area contributed by atoms with E-state index in [2.05, 4.69) is 5.32 Å². The first kappa shape index (κ1) is 15.0. The Kier molecular flexibility index (Phi) is 6.46. The molecule has 0 atom stereocenters. The van der Waals surface area contributed by atoms with Crippen LogP contribution in [0.1, 0.15) is 5.56 Å². The highest BCUT2D eigenvalue weighted by Gasteiger charge is 2.06. The van der Waals surface area contributed by atoms with Crippen molar-refractivity contribution in [3.05, 3.63) is 29.8 Å². The average Bonchev–Trinajstić information content (AvgIpc) is 2.44. The maximum Gasteiger partial charge on any atom is 0.244 e. The van der Waals surface area contributed by atoms with E-state index < -0.39 is 0 Å². The summed E-state index contributed by atoms with van der Waals surface area (Å²) in [5, 5.41) is 2.70. The van der Waals surface area contributed by atoms with Crippen LogP contribution in [0, 0.1) is 0 Å². The van der Waals surface area contributed by atoms with E-state index in [1.165, 1.54) is 6.08 Å². The third-order valence-corrected chi connectivity index (χ3v) is 2.47. The Morgan fingerprint density at radius 3 is 2.37 bits per heavy atom. The second kappa shape index (κ2) is 8.16. The van der Waals surface area contributed by atoms with Crippen LogP contribution >= 0.6 is 0 Å². The summed E-state index contributed by atoms with van der Waals surface area (Å²) in [4.78, 5) is 11.6. The summed E-state index contributed by atoms with van der Waals surface area (Å²) in [6.45, 7) is 0.959. The van der Waals surface area contributed by atoms with Gasteiger partial charge in [-0.15, -0.1) is 0 Å². The van der Waals surface area contributed by atoms with Gasteiger partial charge in [0.1, 0.15) is 11.5 Å². The fraction of sp³-hybridized carbons (Fsp3) is 0.357. The third kappa shape index (κ3) is 4.63. The molecular formula is C14H19NO4. The number of ether oxygens (including phenoxy) is 3. The van der Waals surface area contributed by atoms with E-state index in [1.54, 1.807) is 27.4 Å². The molecule has 5 nitrogen and oxygen atoms in total. The highest BCUT2D eigenvalue weighted by molar-refractivity contribution is 5.92. The van der Waals surface area contributed by atoms with Crippen LogP contribution in [0.5, 0.6) is 11.5 Å². The zero-order valence-corrected chi connectivity index (χ0v) is 11.4. The number of hydrogen-bond acceptors (Lipinski definition) is 4. The summed E-state index contributed by atoms with van der Waals surface area (Å²) in [7, 11) is 4.73. The van der Waals surface area contributed by atoms with Gasteiger partial charge in [-0.25, -0.2) is 0 Å². The minimum absolute atomic E-state index is 0.190. The second-order valence-electron chi connectivity index (χ2n) is 3.69. The van der Waals surface area contributed by atoms with Gasteiger partial charge in [0.25, 0.3) is 0 Å². The maximum atomic E-state index is 11.6. The summed E-state index contributed by atoms with van der Waals surface area (Å²) >= 11 is 0. The molecule has 0 aromatic heterocycles. The van der Waals surface area contributed by atoms with E-state index in [1.807, 2.05) is 18.2 Å². The van der Waals surface area contributed by atoms with Gasteiger partial charge in [0.05, 0.1) is 26.4 Å². The van der Waals surface area contributed by atoms with Crippen molar-refractivity contribution in [1.29, 1.82) is 0 Å². The van der Waals surface area contributed by atoms with Crippen LogP contribution in [0.4, 0.5) is 0 Å². The largest absolute Gasteiger partial charge is 0.496 e. The lowest BCUT2D eigenvalue weighted by Gasteiger charge is -2.09. The van der Waals surface area contributed by atoms with Gasteiger partial charge < -0.3 is 19.5 Å². The molecule has 1 rings (SSSR count). The van der Waals surface area contributed by atoms with E-state index in [9.17, 15) is 4.79 Å². The minimum atomic E-state index is -0.190. The van der Waals surface area contributed by atoms with Gasteiger partial charge in [0, 0.05) is 19.7 Å². The molecule has 0 fully saturated rings. The van der Waals surface area contributed by atoms with E-state index in [0.717, 1.165) is 5.56 Å². The zero-order valence-electron chi connectivity index (χ0n) is 11.4. The molecule has 5 heteroatoms. The Hall–Kier alpha value is -2.01. The van der Waals surface area contributed by atoms with Crippen molar-refractivity contribution in [2.45, 2.75) is 0 Å². The van der Waals surface area contributed by atoms with Crippen molar-refractivity contribution in [3.8, 4) is 11.5 Å². The first-order chi connectivity index (χ1) is 9.22. The van der Waals surface area contributed by atoms with Crippen molar-refractivity contribution in [2.24, 2.45) is 0 Å². The summed E-state index contributed by atoms with van der Waals surface area (Å²) in [6.07, 6.45) is 3.11. The van der Waals surface area contributed by atoms with Gasteiger partial charge in [-0.1, -0.05) is 6.07 Å². The molecule has 1 amide bonds. The Morgan fingerprint density at radius 1 is 1.21 bits per heavy atom. The zero-order chi connectivity index (χ0) is 14.1. The molecule has 104 valence electrons. The smallest absolute Gasteiger partial charge is 0.244 e. The predicted octanol–water partition coefficient (Wildman–Crippen LogP) is 1.48. The SMILES string of the molecule is COCCNC(=O)C=Cc1c(OC)cccc1OC. The standard InChI is InChI=1S/C14H19NO4/c1-17-10-9-15-14(16)8-7-11-12(18-2)5-4-6-13(11)19-3/h4-8H,9-10H2,1-3H3,(H,15,16). The average molecular weight is 265 g/mol.